The molecule has 0 aromatic heterocycles. The number of hydrogen-bond donors (Lipinski definition) is 2. The van der Waals surface area contributed by atoms with Crippen LogP contribution >= 0.6 is 0 Å². The molecule has 0 saturated heterocycles. The van der Waals surface area contributed by atoms with E-state index < -0.39 is 12.0 Å². The summed E-state index contributed by atoms with van der Waals surface area (Å²) in [6, 6.07) is 11.4. The van der Waals surface area contributed by atoms with Gasteiger partial charge < -0.3 is 15.2 Å². The van der Waals surface area contributed by atoms with Gasteiger partial charge in [0.1, 0.15) is 5.75 Å². The molecule has 0 radical (unpaired) electrons. The van der Waals surface area contributed by atoms with Gasteiger partial charge in [0.05, 0.1) is 13.5 Å². The molecule has 24 heavy (non-hydrogen) atoms. The van der Waals surface area contributed by atoms with Gasteiger partial charge in [0.2, 0.25) is 5.91 Å². The molecular formula is C19H21NO4. The van der Waals surface area contributed by atoms with Crippen LogP contribution in [0.25, 0.3) is 0 Å². The molecule has 0 aliphatic carbocycles. The molecule has 5 heteroatoms. The van der Waals surface area contributed by atoms with Gasteiger partial charge in [0, 0.05) is 0 Å². The summed E-state index contributed by atoms with van der Waals surface area (Å²) in [5.41, 5.74) is 3.38. The molecule has 1 amide bonds. The summed E-state index contributed by atoms with van der Waals surface area (Å²) in [5.74, 6) is -0.782. The molecule has 1 atom stereocenters. The van der Waals surface area contributed by atoms with Gasteiger partial charge in [-0.25, -0.2) is 4.79 Å². The van der Waals surface area contributed by atoms with Crippen molar-refractivity contribution in [2.24, 2.45) is 0 Å². The van der Waals surface area contributed by atoms with Gasteiger partial charge in [0.15, 0.2) is 6.04 Å². The van der Waals surface area contributed by atoms with Crippen LogP contribution in [0.15, 0.2) is 42.5 Å². The van der Waals surface area contributed by atoms with Gasteiger partial charge in [-0.3, -0.25) is 4.79 Å². The van der Waals surface area contributed by atoms with Crippen molar-refractivity contribution in [2.75, 3.05) is 7.11 Å². The quantitative estimate of drug-likeness (QED) is 0.855. The third-order valence-electron chi connectivity index (χ3n) is 3.92. The van der Waals surface area contributed by atoms with E-state index in [0.29, 0.717) is 11.3 Å². The number of carbonyl (C=O) groups excluding carboxylic acids is 1. The number of ether oxygens (including phenoxy) is 1. The van der Waals surface area contributed by atoms with Crippen LogP contribution in [0.5, 0.6) is 5.75 Å². The molecule has 0 fully saturated rings. The lowest BCUT2D eigenvalue weighted by molar-refractivity contribution is -0.141. The summed E-state index contributed by atoms with van der Waals surface area (Å²) in [7, 11) is 1.55. The Morgan fingerprint density at radius 1 is 1.12 bits per heavy atom. The Morgan fingerprint density at radius 2 is 1.88 bits per heavy atom. The molecule has 0 saturated carbocycles. The highest BCUT2D eigenvalue weighted by Gasteiger charge is 2.22. The SMILES string of the molecule is COc1cccc(CC(=O)NC(C(=O)O)c2ccc(C)c(C)c2)c1. The van der Waals surface area contributed by atoms with Crippen molar-refractivity contribution in [3.05, 3.63) is 64.7 Å². The van der Waals surface area contributed by atoms with Crippen molar-refractivity contribution in [3.63, 3.8) is 0 Å². The third kappa shape index (κ3) is 4.35. The highest BCUT2D eigenvalue weighted by atomic mass is 16.5. The number of amides is 1. The number of carboxylic acid groups (broad SMARTS) is 1. The van der Waals surface area contributed by atoms with Crippen LogP contribution in [-0.2, 0) is 16.0 Å². The number of nitrogens with one attached hydrogen (secondary N) is 1. The minimum absolute atomic E-state index is 0.0891. The molecule has 0 bridgehead atoms. The summed E-state index contributed by atoms with van der Waals surface area (Å²) in [6.45, 7) is 3.87. The Labute approximate surface area is 141 Å². The van der Waals surface area contributed by atoms with Crippen LogP contribution in [0.3, 0.4) is 0 Å². The summed E-state index contributed by atoms with van der Waals surface area (Å²) in [4.78, 5) is 23.8. The number of benzene rings is 2. The second-order valence-corrected chi connectivity index (χ2v) is 5.71. The third-order valence-corrected chi connectivity index (χ3v) is 3.92. The fourth-order valence-corrected chi connectivity index (χ4v) is 2.41. The van der Waals surface area contributed by atoms with Crippen LogP contribution in [0.2, 0.25) is 0 Å². The maximum absolute atomic E-state index is 12.2. The molecule has 126 valence electrons. The molecule has 0 heterocycles. The van der Waals surface area contributed by atoms with Crippen molar-refractivity contribution in [1.29, 1.82) is 0 Å². The van der Waals surface area contributed by atoms with Crippen LogP contribution in [0, 0.1) is 13.8 Å². The van der Waals surface area contributed by atoms with Gasteiger partial charge in [0.25, 0.3) is 0 Å². The van der Waals surface area contributed by atoms with E-state index in [1.165, 1.54) is 0 Å². The molecule has 2 aromatic rings. The van der Waals surface area contributed by atoms with Crippen molar-refractivity contribution < 1.29 is 19.4 Å². The highest BCUT2D eigenvalue weighted by Crippen LogP contribution is 2.18. The minimum atomic E-state index is -1.09. The second kappa shape index (κ2) is 7.64. The van der Waals surface area contributed by atoms with Gasteiger partial charge in [-0.1, -0.05) is 30.3 Å². The molecule has 2 N–H and O–H groups in total. The summed E-state index contributed by atoms with van der Waals surface area (Å²) < 4.78 is 5.12. The zero-order valence-electron chi connectivity index (χ0n) is 14.0. The van der Waals surface area contributed by atoms with Gasteiger partial charge >= 0.3 is 5.97 Å². The monoisotopic (exact) mass is 327 g/mol. The standard InChI is InChI=1S/C19H21NO4/c1-12-7-8-15(9-13(12)2)18(19(22)23)20-17(21)11-14-5-4-6-16(10-14)24-3/h4-10,18H,11H2,1-3H3,(H,20,21)(H,22,23). The predicted octanol–water partition coefficient (Wildman–Crippen LogP) is 2.80. The highest BCUT2D eigenvalue weighted by molar-refractivity contribution is 5.85. The Balaban J connectivity index is 2.13. The van der Waals surface area contributed by atoms with E-state index in [0.717, 1.165) is 16.7 Å². The number of aryl methyl sites for hydroxylation is 2. The normalized spacial score (nSPS) is 11.6. The van der Waals surface area contributed by atoms with Crippen LogP contribution in [0.1, 0.15) is 28.3 Å². The summed E-state index contributed by atoms with van der Waals surface area (Å²) in [6.07, 6.45) is 0.0891. The molecule has 0 aliphatic heterocycles. The first kappa shape index (κ1) is 17.5. The predicted molar refractivity (Wildman–Crippen MR) is 91.1 cm³/mol. The van der Waals surface area contributed by atoms with E-state index in [-0.39, 0.29) is 12.3 Å². The Kier molecular flexibility index (Phi) is 5.58. The first-order chi connectivity index (χ1) is 11.4. The van der Waals surface area contributed by atoms with E-state index in [1.54, 1.807) is 43.5 Å². The average molecular weight is 327 g/mol. The zero-order valence-corrected chi connectivity index (χ0v) is 14.0. The summed E-state index contributed by atoms with van der Waals surface area (Å²) in [5, 5.41) is 12.0. The lowest BCUT2D eigenvalue weighted by Gasteiger charge is -2.16. The Morgan fingerprint density at radius 3 is 2.50 bits per heavy atom. The van der Waals surface area contributed by atoms with Crippen LogP contribution in [-0.4, -0.2) is 24.1 Å². The molecule has 5 nitrogen and oxygen atoms in total. The molecule has 2 aromatic carbocycles. The molecular weight excluding hydrogens is 306 g/mol. The van der Waals surface area contributed by atoms with Gasteiger partial charge in [-0.2, -0.15) is 0 Å². The van der Waals surface area contributed by atoms with Crippen molar-refractivity contribution in [3.8, 4) is 5.75 Å². The molecule has 0 aliphatic rings. The smallest absolute Gasteiger partial charge is 0.330 e. The zero-order chi connectivity index (χ0) is 17.7. The number of aliphatic carboxylic acids is 1. The maximum atomic E-state index is 12.2. The second-order valence-electron chi connectivity index (χ2n) is 5.71. The van der Waals surface area contributed by atoms with Gasteiger partial charge in [-0.05, 0) is 48.2 Å². The van der Waals surface area contributed by atoms with Crippen molar-refractivity contribution >= 4 is 11.9 Å². The van der Waals surface area contributed by atoms with Crippen molar-refractivity contribution in [2.45, 2.75) is 26.3 Å². The molecule has 1 unspecified atom stereocenters. The fourth-order valence-electron chi connectivity index (χ4n) is 2.41. The van der Waals surface area contributed by atoms with Crippen LogP contribution in [0.4, 0.5) is 0 Å². The Hall–Kier alpha value is -2.82. The summed E-state index contributed by atoms with van der Waals surface area (Å²) >= 11 is 0. The number of carbonyl (C=O) groups is 2. The van der Waals surface area contributed by atoms with E-state index in [2.05, 4.69) is 5.32 Å². The fraction of sp³-hybridized carbons (Fsp3) is 0.263. The van der Waals surface area contributed by atoms with E-state index in [1.807, 2.05) is 19.9 Å². The largest absolute Gasteiger partial charge is 0.497 e. The number of methoxy groups -OCH3 is 1. The molecule has 0 spiro atoms. The van der Waals surface area contributed by atoms with E-state index in [9.17, 15) is 14.7 Å². The van der Waals surface area contributed by atoms with Gasteiger partial charge in [-0.15, -0.1) is 0 Å². The number of carboxylic acids is 1. The van der Waals surface area contributed by atoms with E-state index >= 15 is 0 Å². The minimum Gasteiger partial charge on any atom is -0.497 e. The topological polar surface area (TPSA) is 75.6 Å². The number of rotatable bonds is 6. The first-order valence-electron chi connectivity index (χ1n) is 7.63. The Bertz CT molecular complexity index is 755. The lowest BCUT2D eigenvalue weighted by Crippen LogP contribution is -2.34. The first-order valence-corrected chi connectivity index (χ1v) is 7.63. The van der Waals surface area contributed by atoms with E-state index in [4.69, 9.17) is 4.74 Å². The number of hydrogen-bond acceptors (Lipinski definition) is 3. The maximum Gasteiger partial charge on any atom is 0.330 e. The average Bonchev–Trinajstić information content (AvgIpc) is 2.55. The van der Waals surface area contributed by atoms with Crippen LogP contribution < -0.4 is 10.1 Å². The van der Waals surface area contributed by atoms with Crippen molar-refractivity contribution in [1.82, 2.24) is 5.32 Å². The molecule has 2 rings (SSSR count). The lowest BCUT2D eigenvalue weighted by atomic mass is 10.0.